The Bertz CT molecular complexity index is 1040. The summed E-state index contributed by atoms with van der Waals surface area (Å²) in [6.07, 6.45) is 9.95. The lowest BCUT2D eigenvalue weighted by atomic mass is 10.0. The Balaban J connectivity index is 1.49. The Morgan fingerprint density at radius 2 is 1.80 bits per heavy atom. The molecule has 0 unspecified atom stereocenters. The first-order chi connectivity index (χ1) is 14.7. The van der Waals surface area contributed by atoms with E-state index in [1.807, 2.05) is 18.3 Å². The van der Waals surface area contributed by atoms with Crippen molar-refractivity contribution in [1.82, 2.24) is 19.9 Å². The number of hydrogen-bond donors (Lipinski definition) is 0. The number of benzene rings is 1. The molecular formula is C23H24FN5O. The van der Waals surface area contributed by atoms with Crippen LogP contribution in [0.3, 0.4) is 0 Å². The van der Waals surface area contributed by atoms with Crippen LogP contribution in [0.15, 0.2) is 42.9 Å². The van der Waals surface area contributed by atoms with E-state index in [1.165, 1.54) is 32.4 Å². The lowest BCUT2D eigenvalue weighted by molar-refractivity contribution is 0.386. The van der Waals surface area contributed by atoms with Crippen LogP contribution in [0.4, 0.5) is 10.2 Å². The standard InChI is InChI=1S/C23H24FN5O/c1-30-20-12-15(6-7-19(20)24)16-13-17(16)18-14-27-22(21-25-8-5-9-26-21)28-23(18)29-10-3-2-4-11-29/h5-9,12,14,16-17H,2-4,10-11,13H2,1H3/t16-,17-/m1/s1. The molecule has 1 aliphatic heterocycles. The first-order valence-corrected chi connectivity index (χ1v) is 10.5. The topological polar surface area (TPSA) is 64.0 Å². The average Bonchev–Trinajstić information content (AvgIpc) is 3.61. The summed E-state index contributed by atoms with van der Waals surface area (Å²) < 4.78 is 19.0. The third-order valence-electron chi connectivity index (χ3n) is 6.01. The molecule has 0 amide bonds. The first kappa shape index (κ1) is 18.9. The molecule has 7 heteroatoms. The lowest BCUT2D eigenvalue weighted by Crippen LogP contribution is -2.31. The van der Waals surface area contributed by atoms with Gasteiger partial charge in [0.2, 0.25) is 0 Å². The molecular weight excluding hydrogens is 381 g/mol. The largest absolute Gasteiger partial charge is 0.494 e. The van der Waals surface area contributed by atoms with Gasteiger partial charge in [-0.25, -0.2) is 24.3 Å². The maximum Gasteiger partial charge on any atom is 0.199 e. The van der Waals surface area contributed by atoms with Crippen molar-refractivity contribution in [2.45, 2.75) is 37.5 Å². The third-order valence-corrected chi connectivity index (χ3v) is 6.01. The number of methoxy groups -OCH3 is 1. The number of anilines is 1. The number of hydrogen-bond acceptors (Lipinski definition) is 6. The summed E-state index contributed by atoms with van der Waals surface area (Å²) in [7, 11) is 1.50. The molecule has 1 saturated carbocycles. The minimum Gasteiger partial charge on any atom is -0.494 e. The van der Waals surface area contributed by atoms with Crippen molar-refractivity contribution in [3.8, 4) is 17.4 Å². The van der Waals surface area contributed by atoms with Crippen LogP contribution < -0.4 is 9.64 Å². The number of rotatable bonds is 5. The fourth-order valence-electron chi connectivity index (χ4n) is 4.34. The number of aromatic nitrogens is 4. The Morgan fingerprint density at radius 3 is 2.57 bits per heavy atom. The van der Waals surface area contributed by atoms with Crippen LogP contribution >= 0.6 is 0 Å². The van der Waals surface area contributed by atoms with Crippen LogP contribution in [0.2, 0.25) is 0 Å². The van der Waals surface area contributed by atoms with Crippen molar-refractivity contribution in [1.29, 1.82) is 0 Å². The van der Waals surface area contributed by atoms with Gasteiger partial charge in [-0.1, -0.05) is 6.07 Å². The van der Waals surface area contributed by atoms with E-state index >= 15 is 0 Å². The maximum atomic E-state index is 13.8. The second-order valence-corrected chi connectivity index (χ2v) is 7.94. The minimum atomic E-state index is -0.331. The lowest BCUT2D eigenvalue weighted by Gasteiger charge is -2.29. The summed E-state index contributed by atoms with van der Waals surface area (Å²) in [5.74, 6) is 2.70. The molecule has 0 spiro atoms. The van der Waals surface area contributed by atoms with Crippen LogP contribution in [-0.4, -0.2) is 40.1 Å². The van der Waals surface area contributed by atoms with Crippen LogP contribution in [0.1, 0.15) is 48.6 Å². The third kappa shape index (κ3) is 3.60. The highest BCUT2D eigenvalue weighted by Gasteiger charge is 2.42. The molecule has 0 bridgehead atoms. The van der Waals surface area contributed by atoms with E-state index in [1.54, 1.807) is 18.5 Å². The molecule has 2 atom stereocenters. The predicted molar refractivity (Wildman–Crippen MR) is 112 cm³/mol. The molecule has 3 aromatic rings. The molecule has 30 heavy (non-hydrogen) atoms. The van der Waals surface area contributed by atoms with Crippen molar-refractivity contribution >= 4 is 5.82 Å². The zero-order chi connectivity index (χ0) is 20.5. The summed E-state index contributed by atoms with van der Waals surface area (Å²) in [5, 5.41) is 0. The highest BCUT2D eigenvalue weighted by Crippen LogP contribution is 2.56. The second kappa shape index (κ2) is 7.97. The van der Waals surface area contributed by atoms with Gasteiger partial charge in [-0.05, 0) is 61.3 Å². The molecule has 1 aromatic carbocycles. The Hall–Kier alpha value is -3.09. The van der Waals surface area contributed by atoms with E-state index in [0.29, 0.717) is 29.2 Å². The van der Waals surface area contributed by atoms with E-state index in [2.05, 4.69) is 19.9 Å². The Labute approximate surface area is 175 Å². The van der Waals surface area contributed by atoms with Gasteiger partial charge in [0.05, 0.1) is 7.11 Å². The van der Waals surface area contributed by atoms with Gasteiger partial charge in [0.1, 0.15) is 5.82 Å². The number of nitrogens with zero attached hydrogens (tertiary/aromatic N) is 5. The van der Waals surface area contributed by atoms with E-state index in [0.717, 1.165) is 36.5 Å². The number of piperidine rings is 1. The molecule has 1 aliphatic carbocycles. The van der Waals surface area contributed by atoms with Gasteiger partial charge in [0.15, 0.2) is 23.2 Å². The molecule has 3 heterocycles. The molecule has 2 aromatic heterocycles. The normalized spacial score (nSPS) is 20.8. The predicted octanol–water partition coefficient (Wildman–Crippen LogP) is 4.34. The zero-order valence-corrected chi connectivity index (χ0v) is 17.0. The maximum absolute atomic E-state index is 13.8. The van der Waals surface area contributed by atoms with Gasteiger partial charge in [0, 0.05) is 37.2 Å². The van der Waals surface area contributed by atoms with Crippen molar-refractivity contribution in [2.75, 3.05) is 25.1 Å². The smallest absolute Gasteiger partial charge is 0.199 e. The van der Waals surface area contributed by atoms with Crippen LogP contribution in [0, 0.1) is 5.82 Å². The summed E-state index contributed by atoms with van der Waals surface area (Å²) >= 11 is 0. The molecule has 154 valence electrons. The molecule has 0 N–H and O–H groups in total. The Kier molecular flexibility index (Phi) is 5.02. The molecule has 5 rings (SSSR count). The summed E-state index contributed by atoms with van der Waals surface area (Å²) in [4.78, 5) is 20.5. The van der Waals surface area contributed by atoms with Crippen LogP contribution in [0.25, 0.3) is 11.6 Å². The fourth-order valence-corrected chi connectivity index (χ4v) is 4.34. The van der Waals surface area contributed by atoms with Gasteiger partial charge < -0.3 is 9.64 Å². The van der Waals surface area contributed by atoms with Crippen LogP contribution in [0.5, 0.6) is 5.75 Å². The van der Waals surface area contributed by atoms with E-state index < -0.39 is 0 Å². The first-order valence-electron chi connectivity index (χ1n) is 10.5. The fraction of sp³-hybridized carbons (Fsp3) is 0.391. The van der Waals surface area contributed by atoms with E-state index in [9.17, 15) is 4.39 Å². The average molecular weight is 405 g/mol. The van der Waals surface area contributed by atoms with Crippen LogP contribution in [-0.2, 0) is 0 Å². The molecule has 0 radical (unpaired) electrons. The van der Waals surface area contributed by atoms with Crippen molar-refractivity contribution < 1.29 is 9.13 Å². The van der Waals surface area contributed by atoms with Crippen molar-refractivity contribution in [3.63, 3.8) is 0 Å². The quantitative estimate of drug-likeness (QED) is 0.629. The summed E-state index contributed by atoms with van der Waals surface area (Å²) in [5.41, 5.74) is 2.25. The zero-order valence-electron chi connectivity index (χ0n) is 17.0. The Morgan fingerprint density at radius 1 is 1.00 bits per heavy atom. The van der Waals surface area contributed by atoms with Gasteiger partial charge in [-0.15, -0.1) is 0 Å². The SMILES string of the molecule is COc1cc([C@H]2C[C@H]2c2cnc(-c3ncccn3)nc2N2CCCCC2)ccc1F. The summed E-state index contributed by atoms with van der Waals surface area (Å²) in [6, 6.07) is 6.94. The van der Waals surface area contributed by atoms with Crippen molar-refractivity contribution in [2.24, 2.45) is 0 Å². The van der Waals surface area contributed by atoms with Gasteiger partial charge in [0.25, 0.3) is 0 Å². The highest BCUT2D eigenvalue weighted by atomic mass is 19.1. The van der Waals surface area contributed by atoms with E-state index in [-0.39, 0.29) is 5.82 Å². The van der Waals surface area contributed by atoms with Gasteiger partial charge in [-0.2, -0.15) is 0 Å². The summed E-state index contributed by atoms with van der Waals surface area (Å²) in [6.45, 7) is 2.00. The monoisotopic (exact) mass is 405 g/mol. The van der Waals surface area contributed by atoms with Crippen molar-refractivity contribution in [3.05, 3.63) is 59.8 Å². The van der Waals surface area contributed by atoms with E-state index in [4.69, 9.17) is 9.72 Å². The minimum absolute atomic E-state index is 0.294. The molecule has 1 saturated heterocycles. The number of ether oxygens (including phenoxy) is 1. The molecule has 6 nitrogen and oxygen atoms in total. The van der Waals surface area contributed by atoms with Gasteiger partial charge >= 0.3 is 0 Å². The number of halogens is 1. The molecule has 2 fully saturated rings. The second-order valence-electron chi connectivity index (χ2n) is 7.94. The highest BCUT2D eigenvalue weighted by molar-refractivity contribution is 5.57. The molecule has 2 aliphatic rings. The van der Waals surface area contributed by atoms with Gasteiger partial charge in [-0.3, -0.25) is 0 Å².